The Morgan fingerprint density at radius 2 is 1.88 bits per heavy atom. The molecular formula is C13H23NO3. The van der Waals surface area contributed by atoms with Crippen molar-refractivity contribution >= 4 is 11.9 Å². The zero-order valence-corrected chi connectivity index (χ0v) is 11.0. The molecule has 4 heteroatoms. The second kappa shape index (κ2) is 5.07. The summed E-state index contributed by atoms with van der Waals surface area (Å²) in [6.45, 7) is 5.72. The van der Waals surface area contributed by atoms with Crippen LogP contribution in [-0.4, -0.2) is 22.5 Å². The van der Waals surface area contributed by atoms with Crippen LogP contribution in [0.25, 0.3) is 0 Å². The van der Waals surface area contributed by atoms with Gasteiger partial charge >= 0.3 is 5.97 Å². The van der Waals surface area contributed by atoms with Gasteiger partial charge in [0, 0.05) is 12.0 Å². The van der Waals surface area contributed by atoms with Gasteiger partial charge in [-0.3, -0.25) is 9.59 Å². The molecule has 0 aromatic heterocycles. The summed E-state index contributed by atoms with van der Waals surface area (Å²) < 4.78 is 0. The number of aliphatic carboxylic acids is 1. The average Bonchev–Trinajstić information content (AvgIpc) is 2.07. The van der Waals surface area contributed by atoms with Crippen molar-refractivity contribution in [1.29, 1.82) is 0 Å². The second-order valence-electron chi connectivity index (χ2n) is 5.95. The van der Waals surface area contributed by atoms with E-state index < -0.39 is 11.4 Å². The first-order chi connectivity index (χ1) is 7.79. The van der Waals surface area contributed by atoms with Crippen LogP contribution in [0, 0.1) is 5.41 Å². The summed E-state index contributed by atoms with van der Waals surface area (Å²) in [5.41, 5.74) is -0.481. The van der Waals surface area contributed by atoms with E-state index in [1.807, 2.05) is 13.8 Å². The molecule has 1 aliphatic carbocycles. The summed E-state index contributed by atoms with van der Waals surface area (Å²) in [6.07, 6.45) is 4.54. The number of rotatable bonds is 6. The van der Waals surface area contributed by atoms with Gasteiger partial charge in [-0.2, -0.15) is 0 Å². The van der Waals surface area contributed by atoms with Crippen LogP contribution < -0.4 is 5.32 Å². The molecule has 1 amide bonds. The lowest BCUT2D eigenvalue weighted by Crippen LogP contribution is -2.53. The number of nitrogens with one attached hydrogen (secondary N) is 1. The first-order valence-electron chi connectivity index (χ1n) is 6.31. The molecule has 2 N–H and O–H groups in total. The third-order valence-corrected chi connectivity index (χ3v) is 3.66. The van der Waals surface area contributed by atoms with Crippen LogP contribution in [0.15, 0.2) is 0 Å². The van der Waals surface area contributed by atoms with E-state index in [2.05, 4.69) is 12.2 Å². The summed E-state index contributed by atoms with van der Waals surface area (Å²) in [7, 11) is 0. The van der Waals surface area contributed by atoms with Crippen LogP contribution in [-0.2, 0) is 9.59 Å². The molecule has 0 aromatic carbocycles. The lowest BCUT2D eigenvalue weighted by Gasteiger charge is -2.42. The first-order valence-corrected chi connectivity index (χ1v) is 6.31. The molecule has 0 saturated heterocycles. The molecule has 0 unspecified atom stereocenters. The molecule has 0 atom stereocenters. The SMILES string of the molecule is CCC1(NC(=O)CC(C)(C)CC(=O)O)CCC1. The van der Waals surface area contributed by atoms with Gasteiger partial charge in [-0.25, -0.2) is 0 Å². The van der Waals surface area contributed by atoms with E-state index >= 15 is 0 Å². The van der Waals surface area contributed by atoms with Gasteiger partial charge in [0.2, 0.25) is 5.91 Å². The lowest BCUT2D eigenvalue weighted by molar-refractivity contribution is -0.139. The van der Waals surface area contributed by atoms with Gasteiger partial charge in [-0.15, -0.1) is 0 Å². The van der Waals surface area contributed by atoms with E-state index in [1.54, 1.807) is 0 Å². The minimum Gasteiger partial charge on any atom is -0.481 e. The standard InChI is InChI=1S/C13H23NO3/c1-4-13(6-5-7-13)14-10(15)8-12(2,3)9-11(16)17/h4-9H2,1-3H3,(H,14,15)(H,16,17). The van der Waals surface area contributed by atoms with E-state index in [0.29, 0.717) is 0 Å². The minimum absolute atomic E-state index is 0.00358. The number of hydrogen-bond donors (Lipinski definition) is 2. The lowest BCUT2D eigenvalue weighted by atomic mass is 9.74. The average molecular weight is 241 g/mol. The zero-order chi connectivity index (χ0) is 13.1. The van der Waals surface area contributed by atoms with Gasteiger partial charge < -0.3 is 10.4 Å². The minimum atomic E-state index is -0.850. The first kappa shape index (κ1) is 14.0. The molecule has 1 aliphatic rings. The van der Waals surface area contributed by atoms with E-state index in [4.69, 9.17) is 5.11 Å². The van der Waals surface area contributed by atoms with Crippen molar-refractivity contribution in [2.24, 2.45) is 5.41 Å². The molecule has 0 heterocycles. The molecule has 17 heavy (non-hydrogen) atoms. The van der Waals surface area contributed by atoms with Crippen molar-refractivity contribution in [2.75, 3.05) is 0 Å². The second-order valence-corrected chi connectivity index (χ2v) is 5.95. The molecule has 0 aromatic rings. The van der Waals surface area contributed by atoms with Crippen LogP contribution in [0.5, 0.6) is 0 Å². The number of carboxylic acids is 1. The van der Waals surface area contributed by atoms with Crippen LogP contribution in [0.3, 0.4) is 0 Å². The highest BCUT2D eigenvalue weighted by Gasteiger charge is 2.37. The van der Waals surface area contributed by atoms with Gasteiger partial charge in [0.25, 0.3) is 0 Å². The Hall–Kier alpha value is -1.06. The number of hydrogen-bond acceptors (Lipinski definition) is 2. The Morgan fingerprint density at radius 3 is 2.24 bits per heavy atom. The van der Waals surface area contributed by atoms with Crippen molar-refractivity contribution in [2.45, 2.75) is 64.8 Å². The van der Waals surface area contributed by atoms with Crippen LogP contribution in [0.1, 0.15) is 59.3 Å². The summed E-state index contributed by atoms with van der Waals surface area (Å²) in [5, 5.41) is 11.8. The third-order valence-electron chi connectivity index (χ3n) is 3.66. The van der Waals surface area contributed by atoms with Crippen molar-refractivity contribution < 1.29 is 14.7 Å². The van der Waals surface area contributed by atoms with Crippen LogP contribution >= 0.6 is 0 Å². The van der Waals surface area contributed by atoms with Gasteiger partial charge in [-0.05, 0) is 31.1 Å². The molecular weight excluding hydrogens is 218 g/mol. The molecule has 1 fully saturated rings. The Balaban J connectivity index is 2.46. The molecule has 4 nitrogen and oxygen atoms in total. The zero-order valence-electron chi connectivity index (χ0n) is 11.0. The maximum atomic E-state index is 11.9. The highest BCUT2D eigenvalue weighted by Crippen LogP contribution is 2.35. The predicted molar refractivity (Wildman–Crippen MR) is 65.7 cm³/mol. The molecule has 0 radical (unpaired) electrons. The Labute approximate surface area is 103 Å². The summed E-state index contributed by atoms with van der Waals surface area (Å²) in [6, 6.07) is 0. The van der Waals surface area contributed by atoms with E-state index in [9.17, 15) is 9.59 Å². The quantitative estimate of drug-likeness (QED) is 0.750. The number of carbonyl (C=O) groups excluding carboxylic acids is 1. The Bertz CT molecular complexity index is 300. The van der Waals surface area contributed by atoms with E-state index in [0.717, 1.165) is 19.3 Å². The summed E-state index contributed by atoms with van der Waals surface area (Å²) in [5.74, 6) is -0.866. The topological polar surface area (TPSA) is 66.4 Å². The van der Waals surface area contributed by atoms with E-state index in [1.165, 1.54) is 6.42 Å². The number of carboxylic acid groups (broad SMARTS) is 1. The molecule has 0 spiro atoms. The van der Waals surface area contributed by atoms with Gasteiger partial charge in [0.05, 0.1) is 6.42 Å². The maximum Gasteiger partial charge on any atom is 0.303 e. The Morgan fingerprint density at radius 1 is 1.29 bits per heavy atom. The predicted octanol–water partition coefficient (Wildman–Crippen LogP) is 2.33. The van der Waals surface area contributed by atoms with Crippen molar-refractivity contribution in [3.8, 4) is 0 Å². The molecule has 98 valence electrons. The fourth-order valence-corrected chi connectivity index (χ4v) is 2.42. The van der Waals surface area contributed by atoms with Crippen molar-refractivity contribution in [1.82, 2.24) is 5.32 Å². The Kier molecular flexibility index (Phi) is 4.17. The van der Waals surface area contributed by atoms with E-state index in [-0.39, 0.29) is 24.3 Å². The smallest absolute Gasteiger partial charge is 0.303 e. The largest absolute Gasteiger partial charge is 0.481 e. The summed E-state index contributed by atoms with van der Waals surface area (Å²) >= 11 is 0. The summed E-state index contributed by atoms with van der Waals surface area (Å²) in [4.78, 5) is 22.6. The highest BCUT2D eigenvalue weighted by atomic mass is 16.4. The fraction of sp³-hybridized carbons (Fsp3) is 0.846. The molecule has 1 rings (SSSR count). The highest BCUT2D eigenvalue weighted by molar-refractivity contribution is 5.78. The molecule has 0 bridgehead atoms. The number of amides is 1. The van der Waals surface area contributed by atoms with Gasteiger partial charge in [0.15, 0.2) is 0 Å². The van der Waals surface area contributed by atoms with Gasteiger partial charge in [0.1, 0.15) is 0 Å². The van der Waals surface area contributed by atoms with Crippen molar-refractivity contribution in [3.63, 3.8) is 0 Å². The normalized spacial score (nSPS) is 18.3. The van der Waals surface area contributed by atoms with Gasteiger partial charge in [-0.1, -0.05) is 20.8 Å². The fourth-order valence-electron chi connectivity index (χ4n) is 2.42. The van der Waals surface area contributed by atoms with Crippen molar-refractivity contribution in [3.05, 3.63) is 0 Å². The van der Waals surface area contributed by atoms with Crippen LogP contribution in [0.4, 0.5) is 0 Å². The number of carbonyl (C=O) groups is 2. The molecule has 0 aliphatic heterocycles. The third kappa shape index (κ3) is 4.02. The molecule has 1 saturated carbocycles. The maximum absolute atomic E-state index is 11.9. The monoisotopic (exact) mass is 241 g/mol. The van der Waals surface area contributed by atoms with Crippen LogP contribution in [0.2, 0.25) is 0 Å².